The number of para-hydroxylation sites is 4. The first-order valence-corrected chi connectivity index (χ1v) is 14.8. The number of fused-ring (bicyclic) bond motifs is 5. The van der Waals surface area contributed by atoms with Gasteiger partial charge in [0.2, 0.25) is 0 Å². The molecular formula is C40H26N4. The largest absolute Gasteiger partial charge is 0.354 e. The highest BCUT2D eigenvalue weighted by Crippen LogP contribution is 2.41. The number of benzene rings is 6. The molecule has 0 bridgehead atoms. The zero-order chi connectivity index (χ0) is 29.0. The van der Waals surface area contributed by atoms with Gasteiger partial charge in [0, 0.05) is 44.9 Å². The van der Waals surface area contributed by atoms with Gasteiger partial charge in [-0.15, -0.1) is 0 Å². The number of H-pyrrole nitrogens is 1. The summed E-state index contributed by atoms with van der Waals surface area (Å²) in [6.45, 7) is 0. The van der Waals surface area contributed by atoms with E-state index in [1.165, 1.54) is 21.5 Å². The Labute approximate surface area is 253 Å². The highest BCUT2D eigenvalue weighted by molar-refractivity contribution is 6.12. The fraction of sp³-hybridized carbons (Fsp3) is 0. The monoisotopic (exact) mass is 562 g/mol. The summed E-state index contributed by atoms with van der Waals surface area (Å²) in [4.78, 5) is 13.9. The van der Waals surface area contributed by atoms with Gasteiger partial charge in [0.1, 0.15) is 5.82 Å². The van der Waals surface area contributed by atoms with Crippen molar-refractivity contribution in [1.29, 1.82) is 0 Å². The van der Waals surface area contributed by atoms with Gasteiger partial charge in [-0.25, -0.2) is 4.98 Å². The van der Waals surface area contributed by atoms with Crippen LogP contribution in [0.5, 0.6) is 0 Å². The average molecular weight is 563 g/mol. The second-order valence-electron chi connectivity index (χ2n) is 11.1. The van der Waals surface area contributed by atoms with Gasteiger partial charge < -0.3 is 4.98 Å². The summed E-state index contributed by atoms with van der Waals surface area (Å²) >= 11 is 0. The van der Waals surface area contributed by atoms with Crippen molar-refractivity contribution in [3.63, 3.8) is 0 Å². The van der Waals surface area contributed by atoms with Crippen molar-refractivity contribution >= 4 is 43.6 Å². The molecule has 4 nitrogen and oxygen atoms in total. The van der Waals surface area contributed by atoms with Gasteiger partial charge in [-0.2, -0.15) is 0 Å². The number of hydrogen-bond donors (Lipinski definition) is 1. The van der Waals surface area contributed by atoms with E-state index in [9.17, 15) is 0 Å². The van der Waals surface area contributed by atoms with E-state index in [2.05, 4.69) is 148 Å². The van der Waals surface area contributed by atoms with Crippen LogP contribution in [0.2, 0.25) is 0 Å². The third-order valence-corrected chi connectivity index (χ3v) is 8.59. The van der Waals surface area contributed by atoms with Crippen LogP contribution in [-0.4, -0.2) is 19.5 Å². The summed E-state index contributed by atoms with van der Waals surface area (Å²) in [6, 6.07) is 51.2. The fourth-order valence-electron chi connectivity index (χ4n) is 6.61. The molecule has 206 valence electrons. The summed E-state index contributed by atoms with van der Waals surface area (Å²) in [5.41, 5.74) is 10.6. The molecule has 1 N–H and O–H groups in total. The summed E-state index contributed by atoms with van der Waals surface area (Å²) in [5.74, 6) is 0.904. The molecule has 0 aliphatic rings. The minimum atomic E-state index is 0.904. The Morgan fingerprint density at radius 2 is 1.30 bits per heavy atom. The molecule has 3 aromatic heterocycles. The first kappa shape index (κ1) is 24.6. The van der Waals surface area contributed by atoms with E-state index in [0.29, 0.717) is 0 Å². The van der Waals surface area contributed by atoms with Gasteiger partial charge in [-0.05, 0) is 70.9 Å². The second kappa shape index (κ2) is 9.79. The van der Waals surface area contributed by atoms with Gasteiger partial charge in [-0.3, -0.25) is 9.55 Å². The lowest BCUT2D eigenvalue weighted by molar-refractivity contribution is 1.10. The second-order valence-corrected chi connectivity index (χ2v) is 11.1. The molecule has 0 saturated carbocycles. The number of pyridine rings is 1. The highest BCUT2D eigenvalue weighted by atomic mass is 15.1. The first-order chi connectivity index (χ1) is 21.8. The molecule has 0 atom stereocenters. The Kier molecular flexibility index (Phi) is 5.47. The quantitative estimate of drug-likeness (QED) is 0.232. The highest BCUT2D eigenvalue weighted by Gasteiger charge is 2.21. The minimum absolute atomic E-state index is 0.904. The predicted molar refractivity (Wildman–Crippen MR) is 182 cm³/mol. The zero-order valence-corrected chi connectivity index (χ0v) is 23.8. The van der Waals surface area contributed by atoms with Crippen molar-refractivity contribution in [2.45, 2.75) is 0 Å². The fourth-order valence-corrected chi connectivity index (χ4v) is 6.61. The van der Waals surface area contributed by atoms with Crippen molar-refractivity contribution in [2.24, 2.45) is 0 Å². The van der Waals surface area contributed by atoms with Gasteiger partial charge in [0.25, 0.3) is 0 Å². The Hall–Kier alpha value is -6.00. The predicted octanol–water partition coefficient (Wildman–Crippen LogP) is 10.2. The number of imidazole rings is 1. The number of nitrogens with one attached hydrogen (secondary N) is 1. The van der Waals surface area contributed by atoms with E-state index in [1.807, 2.05) is 18.3 Å². The van der Waals surface area contributed by atoms with E-state index in [4.69, 9.17) is 4.98 Å². The van der Waals surface area contributed by atoms with Gasteiger partial charge in [0.15, 0.2) is 0 Å². The normalized spacial score (nSPS) is 11.6. The number of nitrogens with zero attached hydrogens (tertiary/aromatic N) is 3. The smallest absolute Gasteiger partial charge is 0.147 e. The molecule has 9 aromatic rings. The van der Waals surface area contributed by atoms with Crippen LogP contribution >= 0.6 is 0 Å². The van der Waals surface area contributed by atoms with Crippen molar-refractivity contribution in [2.75, 3.05) is 0 Å². The number of aromatic amines is 1. The zero-order valence-electron chi connectivity index (χ0n) is 23.8. The first-order valence-electron chi connectivity index (χ1n) is 14.8. The van der Waals surface area contributed by atoms with Crippen LogP contribution in [0.25, 0.3) is 83.1 Å². The summed E-state index contributed by atoms with van der Waals surface area (Å²) in [5, 5.41) is 4.77. The Balaban J connectivity index is 1.37. The molecular weight excluding hydrogens is 536 g/mol. The minimum Gasteiger partial charge on any atom is -0.354 e. The lowest BCUT2D eigenvalue weighted by atomic mass is 9.93. The molecule has 0 spiro atoms. The van der Waals surface area contributed by atoms with Crippen LogP contribution < -0.4 is 0 Å². The lowest BCUT2D eigenvalue weighted by Crippen LogP contribution is -1.97. The Bertz CT molecular complexity index is 2490. The van der Waals surface area contributed by atoms with Crippen LogP contribution in [0, 0.1) is 0 Å². The van der Waals surface area contributed by atoms with Crippen LogP contribution in [0.15, 0.2) is 152 Å². The number of rotatable bonds is 4. The standard InChI is InChI=1S/C40H26N4/c1-2-13-28(14-3-1)44-37-22-11-18-32(34-25-27(35-20-8-9-23-41-35)24-26-12-4-5-15-29(26)34)39(37)43-40(44)33-19-10-17-31-30-16-6-7-21-36(30)42-38(31)33/h1-25,42H. The van der Waals surface area contributed by atoms with Gasteiger partial charge in [-0.1, -0.05) is 91.0 Å². The Morgan fingerprint density at radius 3 is 2.18 bits per heavy atom. The molecule has 0 radical (unpaired) electrons. The molecule has 6 aromatic carbocycles. The van der Waals surface area contributed by atoms with E-state index in [0.717, 1.165) is 61.5 Å². The molecule has 4 heteroatoms. The molecule has 0 unspecified atom stereocenters. The van der Waals surface area contributed by atoms with Crippen LogP contribution in [0.3, 0.4) is 0 Å². The average Bonchev–Trinajstić information content (AvgIpc) is 3.68. The third-order valence-electron chi connectivity index (χ3n) is 8.59. The van der Waals surface area contributed by atoms with E-state index in [1.54, 1.807) is 0 Å². The molecule has 0 saturated heterocycles. The van der Waals surface area contributed by atoms with Gasteiger partial charge in [0.05, 0.1) is 22.2 Å². The summed E-state index contributed by atoms with van der Waals surface area (Å²) < 4.78 is 2.30. The maximum absolute atomic E-state index is 5.49. The number of hydrogen-bond acceptors (Lipinski definition) is 2. The van der Waals surface area contributed by atoms with Gasteiger partial charge >= 0.3 is 0 Å². The summed E-state index contributed by atoms with van der Waals surface area (Å²) in [6.07, 6.45) is 1.85. The molecule has 0 aliphatic carbocycles. The lowest BCUT2D eigenvalue weighted by Gasteiger charge is -2.12. The molecule has 9 rings (SSSR count). The maximum atomic E-state index is 5.49. The van der Waals surface area contributed by atoms with Crippen molar-refractivity contribution in [3.8, 4) is 39.5 Å². The van der Waals surface area contributed by atoms with Crippen LogP contribution in [-0.2, 0) is 0 Å². The summed E-state index contributed by atoms with van der Waals surface area (Å²) in [7, 11) is 0. The molecule has 44 heavy (non-hydrogen) atoms. The topological polar surface area (TPSA) is 46.5 Å². The van der Waals surface area contributed by atoms with Crippen molar-refractivity contribution in [1.82, 2.24) is 19.5 Å². The van der Waals surface area contributed by atoms with Crippen LogP contribution in [0.4, 0.5) is 0 Å². The van der Waals surface area contributed by atoms with Crippen molar-refractivity contribution in [3.05, 3.63) is 152 Å². The molecule has 0 amide bonds. The van der Waals surface area contributed by atoms with E-state index < -0.39 is 0 Å². The third kappa shape index (κ3) is 3.78. The van der Waals surface area contributed by atoms with E-state index in [-0.39, 0.29) is 0 Å². The molecule has 0 fully saturated rings. The SMILES string of the molecule is c1ccc(-n2c(-c3cccc4c3[nH]c3ccccc34)nc3c(-c4cc(-c5ccccn5)cc5ccccc45)cccc32)cc1. The Morgan fingerprint density at radius 1 is 0.545 bits per heavy atom. The molecule has 3 heterocycles. The maximum Gasteiger partial charge on any atom is 0.147 e. The van der Waals surface area contributed by atoms with Crippen LogP contribution in [0.1, 0.15) is 0 Å². The molecule has 0 aliphatic heterocycles. The van der Waals surface area contributed by atoms with Crippen molar-refractivity contribution < 1.29 is 0 Å². The van der Waals surface area contributed by atoms with E-state index >= 15 is 0 Å². The number of aromatic nitrogens is 4.